The van der Waals surface area contributed by atoms with Crippen molar-refractivity contribution >= 4 is 17.8 Å². The maximum atomic E-state index is 11.3. The molecule has 0 atom stereocenters. The van der Waals surface area contributed by atoms with Gasteiger partial charge in [-0.2, -0.15) is 0 Å². The number of rotatable bonds is 5. The Labute approximate surface area is 89.4 Å². The molecule has 1 heterocycles. The number of amides is 2. The monoisotopic (exact) mass is 227 g/mol. The summed E-state index contributed by atoms with van der Waals surface area (Å²) in [7, 11) is 0. The van der Waals surface area contributed by atoms with Crippen LogP contribution in [0.3, 0.4) is 0 Å². The molecule has 8 nitrogen and oxygen atoms in total. The molecule has 0 saturated heterocycles. The van der Waals surface area contributed by atoms with E-state index in [0.717, 1.165) is 6.07 Å². The van der Waals surface area contributed by atoms with Crippen LogP contribution in [-0.4, -0.2) is 34.6 Å². The van der Waals surface area contributed by atoms with Crippen molar-refractivity contribution in [2.75, 3.05) is 6.54 Å². The normalized spacial score (nSPS) is 9.75. The quantitative estimate of drug-likeness (QED) is 0.588. The van der Waals surface area contributed by atoms with Gasteiger partial charge in [0, 0.05) is 19.0 Å². The summed E-state index contributed by atoms with van der Waals surface area (Å²) in [5.41, 5.74) is 4.69. The molecule has 0 aliphatic carbocycles. The van der Waals surface area contributed by atoms with E-state index in [2.05, 4.69) is 15.0 Å². The minimum Gasteiger partial charge on any atom is -0.475 e. The lowest BCUT2D eigenvalue weighted by Gasteiger charge is -1.98. The number of aromatic nitrogens is 1. The zero-order chi connectivity index (χ0) is 12.1. The van der Waals surface area contributed by atoms with Gasteiger partial charge < -0.3 is 20.7 Å². The predicted molar refractivity (Wildman–Crippen MR) is 49.6 cm³/mol. The summed E-state index contributed by atoms with van der Waals surface area (Å²) >= 11 is 0. The lowest BCUT2D eigenvalue weighted by Crippen LogP contribution is -2.28. The van der Waals surface area contributed by atoms with Gasteiger partial charge in [-0.05, 0) is 0 Å². The molecule has 16 heavy (non-hydrogen) atoms. The number of nitrogens with one attached hydrogen (secondary N) is 1. The molecule has 1 rings (SSSR count). The Bertz CT molecular complexity index is 425. The molecule has 0 bridgehead atoms. The number of carbonyl (C=O) groups excluding carboxylic acids is 2. The second-order valence-corrected chi connectivity index (χ2v) is 2.85. The second kappa shape index (κ2) is 4.91. The van der Waals surface area contributed by atoms with E-state index in [1.54, 1.807) is 0 Å². The van der Waals surface area contributed by atoms with Crippen molar-refractivity contribution < 1.29 is 24.0 Å². The molecule has 0 spiro atoms. The van der Waals surface area contributed by atoms with E-state index in [1.807, 2.05) is 0 Å². The van der Waals surface area contributed by atoms with Crippen molar-refractivity contribution in [2.24, 2.45) is 5.73 Å². The first-order chi connectivity index (χ1) is 7.50. The standard InChI is InChI=1S/C8H9N3O5/c9-6(12)1-2-10-7(13)4-3-5(8(14)15)16-11-4/h3H,1-2H2,(H2,9,12)(H,10,13)(H,14,15). The third-order valence-corrected chi connectivity index (χ3v) is 1.61. The van der Waals surface area contributed by atoms with Crippen LogP contribution in [0.2, 0.25) is 0 Å². The first kappa shape index (κ1) is 11.7. The third kappa shape index (κ3) is 3.08. The highest BCUT2D eigenvalue weighted by atomic mass is 16.5. The van der Waals surface area contributed by atoms with Crippen LogP contribution in [-0.2, 0) is 4.79 Å². The molecule has 1 aromatic heterocycles. The van der Waals surface area contributed by atoms with E-state index in [9.17, 15) is 14.4 Å². The van der Waals surface area contributed by atoms with Gasteiger partial charge in [-0.3, -0.25) is 9.59 Å². The predicted octanol–water partition coefficient (Wildman–Crippen LogP) is -1.02. The fourth-order valence-electron chi connectivity index (χ4n) is 0.873. The zero-order valence-corrected chi connectivity index (χ0v) is 8.10. The highest BCUT2D eigenvalue weighted by Crippen LogP contribution is 2.02. The van der Waals surface area contributed by atoms with Crippen molar-refractivity contribution in [1.82, 2.24) is 10.5 Å². The maximum Gasteiger partial charge on any atom is 0.374 e. The van der Waals surface area contributed by atoms with Crippen molar-refractivity contribution in [3.63, 3.8) is 0 Å². The average Bonchev–Trinajstić information content (AvgIpc) is 2.65. The summed E-state index contributed by atoms with van der Waals surface area (Å²) in [6.07, 6.45) is -0.00458. The van der Waals surface area contributed by atoms with Gasteiger partial charge in [0.2, 0.25) is 11.7 Å². The lowest BCUT2D eigenvalue weighted by atomic mass is 10.3. The Morgan fingerprint density at radius 2 is 2.19 bits per heavy atom. The number of hydrogen-bond donors (Lipinski definition) is 3. The van der Waals surface area contributed by atoms with Gasteiger partial charge in [0.05, 0.1) is 0 Å². The molecular weight excluding hydrogens is 218 g/mol. The smallest absolute Gasteiger partial charge is 0.374 e. The Morgan fingerprint density at radius 3 is 2.69 bits per heavy atom. The molecule has 0 aliphatic heterocycles. The molecule has 0 saturated carbocycles. The fraction of sp³-hybridized carbons (Fsp3) is 0.250. The van der Waals surface area contributed by atoms with Gasteiger partial charge in [0.1, 0.15) is 0 Å². The van der Waals surface area contributed by atoms with Crippen LogP contribution < -0.4 is 11.1 Å². The zero-order valence-electron chi connectivity index (χ0n) is 8.10. The van der Waals surface area contributed by atoms with Crippen LogP contribution in [0.15, 0.2) is 10.6 Å². The van der Waals surface area contributed by atoms with Gasteiger partial charge in [-0.25, -0.2) is 4.79 Å². The van der Waals surface area contributed by atoms with E-state index < -0.39 is 23.5 Å². The first-order valence-corrected chi connectivity index (χ1v) is 4.27. The van der Waals surface area contributed by atoms with Crippen LogP contribution >= 0.6 is 0 Å². The maximum absolute atomic E-state index is 11.3. The van der Waals surface area contributed by atoms with E-state index in [1.165, 1.54) is 0 Å². The Hall–Kier alpha value is -2.38. The topological polar surface area (TPSA) is 136 Å². The molecule has 0 aromatic carbocycles. The number of carbonyl (C=O) groups is 3. The summed E-state index contributed by atoms with van der Waals surface area (Å²) < 4.78 is 4.37. The Balaban J connectivity index is 2.53. The summed E-state index contributed by atoms with van der Waals surface area (Å²) in [6, 6.07) is 0.988. The highest BCUT2D eigenvalue weighted by molar-refractivity contribution is 5.94. The SMILES string of the molecule is NC(=O)CCNC(=O)c1cc(C(=O)O)on1. The summed E-state index contributed by atoms with van der Waals surface area (Å²) in [5, 5.41) is 14.1. The molecule has 2 amide bonds. The molecule has 0 fully saturated rings. The highest BCUT2D eigenvalue weighted by Gasteiger charge is 2.16. The van der Waals surface area contributed by atoms with E-state index in [-0.39, 0.29) is 18.7 Å². The van der Waals surface area contributed by atoms with E-state index in [4.69, 9.17) is 10.8 Å². The minimum atomic E-state index is -1.32. The molecule has 0 radical (unpaired) electrons. The number of carboxylic acids is 1. The van der Waals surface area contributed by atoms with Crippen molar-refractivity contribution in [3.8, 4) is 0 Å². The summed E-state index contributed by atoms with van der Waals surface area (Å²) in [6.45, 7) is 0.0590. The molecule has 0 aliphatic rings. The molecule has 86 valence electrons. The van der Waals surface area contributed by atoms with Gasteiger partial charge in [0.15, 0.2) is 5.69 Å². The first-order valence-electron chi connectivity index (χ1n) is 4.27. The molecule has 1 aromatic rings. The number of aromatic carboxylic acids is 1. The molecule has 0 unspecified atom stereocenters. The number of primary amides is 1. The summed E-state index contributed by atoms with van der Waals surface area (Å²) in [4.78, 5) is 32.1. The fourth-order valence-corrected chi connectivity index (χ4v) is 0.873. The summed E-state index contributed by atoms with van der Waals surface area (Å²) in [5.74, 6) is -2.92. The van der Waals surface area contributed by atoms with Gasteiger partial charge in [-0.1, -0.05) is 5.16 Å². The Kier molecular flexibility index (Phi) is 3.59. The number of nitrogens with two attached hydrogens (primary N) is 1. The van der Waals surface area contributed by atoms with Gasteiger partial charge in [-0.15, -0.1) is 0 Å². The largest absolute Gasteiger partial charge is 0.475 e. The van der Waals surface area contributed by atoms with E-state index in [0.29, 0.717) is 0 Å². The van der Waals surface area contributed by atoms with Crippen LogP contribution in [0.5, 0.6) is 0 Å². The van der Waals surface area contributed by atoms with Gasteiger partial charge in [0.25, 0.3) is 5.91 Å². The number of nitrogens with zero attached hydrogens (tertiary/aromatic N) is 1. The molecule has 8 heteroatoms. The Morgan fingerprint density at radius 1 is 1.50 bits per heavy atom. The lowest BCUT2D eigenvalue weighted by molar-refractivity contribution is -0.117. The minimum absolute atomic E-state index is 0.00458. The molecule has 4 N–H and O–H groups in total. The van der Waals surface area contributed by atoms with Crippen LogP contribution in [0.25, 0.3) is 0 Å². The van der Waals surface area contributed by atoms with Crippen molar-refractivity contribution in [1.29, 1.82) is 0 Å². The second-order valence-electron chi connectivity index (χ2n) is 2.85. The average molecular weight is 227 g/mol. The number of hydrogen-bond acceptors (Lipinski definition) is 5. The van der Waals surface area contributed by atoms with Crippen molar-refractivity contribution in [3.05, 3.63) is 17.5 Å². The molecular formula is C8H9N3O5. The van der Waals surface area contributed by atoms with Gasteiger partial charge >= 0.3 is 5.97 Å². The third-order valence-electron chi connectivity index (χ3n) is 1.61. The number of carboxylic acid groups (broad SMARTS) is 1. The van der Waals surface area contributed by atoms with Crippen LogP contribution in [0.4, 0.5) is 0 Å². The van der Waals surface area contributed by atoms with Crippen molar-refractivity contribution in [2.45, 2.75) is 6.42 Å². The van der Waals surface area contributed by atoms with Crippen LogP contribution in [0.1, 0.15) is 27.5 Å². The van der Waals surface area contributed by atoms with Crippen LogP contribution in [0, 0.1) is 0 Å². The van der Waals surface area contributed by atoms with E-state index >= 15 is 0 Å².